The summed E-state index contributed by atoms with van der Waals surface area (Å²) in [6.07, 6.45) is 9.56. The molecule has 0 atom stereocenters. The Morgan fingerprint density at radius 2 is 1.33 bits per heavy atom. The Labute approximate surface area is 308 Å². The molecule has 254 valence electrons. The van der Waals surface area contributed by atoms with E-state index in [0.717, 1.165) is 12.8 Å². The molecule has 0 spiro atoms. The predicted octanol–water partition coefficient (Wildman–Crippen LogP) is 14.0. The first-order chi connectivity index (χ1) is 25.3. The number of aromatic nitrogens is 1. The normalized spacial score (nSPS) is 16.2. The van der Waals surface area contributed by atoms with Gasteiger partial charge in [-0.15, -0.1) is 0 Å². The largest absolute Gasteiger partial charge is 0.309 e. The van der Waals surface area contributed by atoms with Gasteiger partial charge < -0.3 is 4.57 Å². The molecule has 3 aliphatic rings. The number of rotatable bonds is 5. The molecule has 3 aliphatic carbocycles. The van der Waals surface area contributed by atoms with Crippen LogP contribution in [0.3, 0.4) is 0 Å². The average Bonchev–Trinajstić information content (AvgIpc) is 3.92. The van der Waals surface area contributed by atoms with Crippen LogP contribution in [0.4, 0.5) is 0 Å². The molecule has 52 heavy (non-hydrogen) atoms. The summed E-state index contributed by atoms with van der Waals surface area (Å²) in [5.41, 5.74) is 23.4. The summed E-state index contributed by atoms with van der Waals surface area (Å²) in [6, 6.07) is 43.9. The lowest BCUT2D eigenvalue weighted by Gasteiger charge is -2.24. The lowest BCUT2D eigenvalue weighted by Crippen LogP contribution is -2.16. The number of allylic oxidation sites excluding steroid dienone is 4. The van der Waals surface area contributed by atoms with E-state index in [1.54, 1.807) is 11.1 Å². The standard InChI is InChI=1S/C51H45N/c1-31-12-6-8-14-38(31)41-25-26-45-50(49(41)34-20-21-34)42-24-23-37(30-46(42)51(45,4)5)52-47-17-11-10-16-40(47)44-29-36(22-27-48(44)52)35-19-18-33(3)43(28-35)39-15-9-7-13-32(39)2/h6-7,9-13,15-19,22-30,34H,8,14,20-21H2,1-5H3. The van der Waals surface area contributed by atoms with Crippen molar-refractivity contribution in [1.29, 1.82) is 0 Å². The average molecular weight is 672 g/mol. The van der Waals surface area contributed by atoms with Crippen molar-refractivity contribution in [3.8, 4) is 39.1 Å². The van der Waals surface area contributed by atoms with E-state index < -0.39 is 0 Å². The van der Waals surface area contributed by atoms with Gasteiger partial charge >= 0.3 is 0 Å². The molecule has 1 aromatic heterocycles. The molecule has 0 unspecified atom stereocenters. The highest BCUT2D eigenvalue weighted by atomic mass is 15.0. The first-order valence-corrected chi connectivity index (χ1v) is 19.2. The maximum atomic E-state index is 2.51. The van der Waals surface area contributed by atoms with Gasteiger partial charge in [0.05, 0.1) is 11.0 Å². The van der Waals surface area contributed by atoms with Gasteiger partial charge in [0.2, 0.25) is 0 Å². The lowest BCUT2D eigenvalue weighted by molar-refractivity contribution is 0.659. The van der Waals surface area contributed by atoms with Crippen molar-refractivity contribution >= 4 is 27.4 Å². The fraction of sp³-hybridized carbons (Fsp3) is 0.216. The third kappa shape index (κ3) is 4.68. The van der Waals surface area contributed by atoms with E-state index >= 15 is 0 Å². The lowest BCUT2D eigenvalue weighted by atomic mass is 9.79. The maximum Gasteiger partial charge on any atom is 0.0541 e. The molecule has 0 aliphatic heterocycles. The smallest absolute Gasteiger partial charge is 0.0541 e. The van der Waals surface area contributed by atoms with Gasteiger partial charge in [-0.1, -0.05) is 105 Å². The van der Waals surface area contributed by atoms with E-state index in [-0.39, 0.29) is 5.41 Å². The van der Waals surface area contributed by atoms with Crippen LogP contribution in [0.15, 0.2) is 133 Å². The van der Waals surface area contributed by atoms with Crippen LogP contribution < -0.4 is 0 Å². The Morgan fingerprint density at radius 1 is 0.596 bits per heavy atom. The highest BCUT2D eigenvalue weighted by Crippen LogP contribution is 2.57. The maximum absolute atomic E-state index is 2.51. The summed E-state index contributed by atoms with van der Waals surface area (Å²) in [4.78, 5) is 0. The number of hydrogen-bond acceptors (Lipinski definition) is 0. The summed E-state index contributed by atoms with van der Waals surface area (Å²) in [5, 5.41) is 2.58. The molecule has 1 saturated carbocycles. The third-order valence-electron chi connectivity index (χ3n) is 12.5. The minimum absolute atomic E-state index is 0.0784. The summed E-state index contributed by atoms with van der Waals surface area (Å²) in [6.45, 7) is 11.6. The van der Waals surface area contributed by atoms with Crippen LogP contribution in [-0.2, 0) is 5.41 Å². The van der Waals surface area contributed by atoms with Gasteiger partial charge in [-0.05, 0) is 167 Å². The number of para-hydroxylation sites is 1. The number of nitrogens with zero attached hydrogens (tertiary/aromatic N) is 1. The van der Waals surface area contributed by atoms with E-state index in [9.17, 15) is 0 Å². The molecule has 0 bridgehead atoms. The van der Waals surface area contributed by atoms with E-state index in [0.29, 0.717) is 5.92 Å². The molecule has 0 radical (unpaired) electrons. The van der Waals surface area contributed by atoms with Crippen LogP contribution in [0.25, 0.3) is 66.4 Å². The van der Waals surface area contributed by atoms with Crippen LogP contribution in [0, 0.1) is 13.8 Å². The zero-order valence-corrected chi connectivity index (χ0v) is 31.0. The molecule has 1 fully saturated rings. The van der Waals surface area contributed by atoms with Gasteiger partial charge in [0, 0.05) is 21.9 Å². The third-order valence-corrected chi connectivity index (χ3v) is 12.5. The van der Waals surface area contributed by atoms with Gasteiger partial charge in [0.1, 0.15) is 0 Å². The van der Waals surface area contributed by atoms with E-state index in [1.165, 1.54) is 107 Å². The van der Waals surface area contributed by atoms with Crippen LogP contribution in [0.1, 0.15) is 85.8 Å². The van der Waals surface area contributed by atoms with Gasteiger partial charge in [-0.25, -0.2) is 0 Å². The first kappa shape index (κ1) is 31.3. The van der Waals surface area contributed by atoms with Crippen molar-refractivity contribution in [2.24, 2.45) is 0 Å². The van der Waals surface area contributed by atoms with Crippen molar-refractivity contribution < 1.29 is 0 Å². The number of aryl methyl sites for hydroxylation is 2. The van der Waals surface area contributed by atoms with Crippen molar-refractivity contribution in [3.63, 3.8) is 0 Å². The Morgan fingerprint density at radius 3 is 2.15 bits per heavy atom. The van der Waals surface area contributed by atoms with Crippen LogP contribution >= 0.6 is 0 Å². The predicted molar refractivity (Wildman–Crippen MR) is 222 cm³/mol. The molecular formula is C51H45N. The van der Waals surface area contributed by atoms with Crippen LogP contribution in [-0.4, -0.2) is 4.57 Å². The SMILES string of the molecule is CC1=C(c2ccc3c(c2C2CC2)-c2ccc(-n4c5ccccc5c5cc(-c6ccc(C)c(-c7ccccc7C)c6)ccc54)cc2C3(C)C)CCC=C1. The highest BCUT2D eigenvalue weighted by Gasteiger charge is 2.41. The van der Waals surface area contributed by atoms with Crippen molar-refractivity contribution in [3.05, 3.63) is 166 Å². The molecule has 0 amide bonds. The minimum Gasteiger partial charge on any atom is -0.309 e. The molecule has 6 aromatic carbocycles. The van der Waals surface area contributed by atoms with Crippen LogP contribution in [0.5, 0.6) is 0 Å². The van der Waals surface area contributed by atoms with Crippen molar-refractivity contribution in [1.82, 2.24) is 4.57 Å². The summed E-state index contributed by atoms with van der Waals surface area (Å²) in [5.74, 6) is 0.672. The van der Waals surface area contributed by atoms with Gasteiger partial charge in [0.15, 0.2) is 0 Å². The Hall–Kier alpha value is -5.40. The minimum atomic E-state index is -0.0784. The second kappa shape index (κ2) is 11.6. The Kier molecular flexibility index (Phi) is 6.97. The molecular weight excluding hydrogens is 627 g/mol. The van der Waals surface area contributed by atoms with Crippen LogP contribution in [0.2, 0.25) is 0 Å². The Balaban J connectivity index is 1.13. The number of fused-ring (bicyclic) bond motifs is 6. The van der Waals surface area contributed by atoms with E-state index in [1.807, 2.05) is 0 Å². The summed E-state index contributed by atoms with van der Waals surface area (Å²) >= 11 is 0. The highest BCUT2D eigenvalue weighted by molar-refractivity contribution is 6.10. The van der Waals surface area contributed by atoms with Gasteiger partial charge in [0.25, 0.3) is 0 Å². The molecule has 0 N–H and O–H groups in total. The Bertz CT molecular complexity index is 2690. The number of hydrogen-bond donors (Lipinski definition) is 0. The molecule has 10 rings (SSSR count). The zero-order chi connectivity index (χ0) is 35.3. The summed E-state index contributed by atoms with van der Waals surface area (Å²) in [7, 11) is 0. The fourth-order valence-corrected chi connectivity index (χ4v) is 9.57. The molecule has 1 nitrogen and oxygen atoms in total. The topological polar surface area (TPSA) is 4.93 Å². The fourth-order valence-electron chi connectivity index (χ4n) is 9.57. The van der Waals surface area contributed by atoms with Crippen molar-refractivity contribution in [2.45, 2.75) is 71.6 Å². The summed E-state index contributed by atoms with van der Waals surface area (Å²) < 4.78 is 2.50. The number of benzene rings is 6. The van der Waals surface area contributed by atoms with Gasteiger partial charge in [-0.3, -0.25) is 0 Å². The van der Waals surface area contributed by atoms with Gasteiger partial charge in [-0.2, -0.15) is 0 Å². The van der Waals surface area contributed by atoms with E-state index in [4.69, 9.17) is 0 Å². The second-order valence-corrected chi connectivity index (χ2v) is 16.1. The molecule has 7 aromatic rings. The quantitative estimate of drug-likeness (QED) is 0.172. The van der Waals surface area contributed by atoms with E-state index in [2.05, 4.69) is 167 Å². The molecule has 0 saturated heterocycles. The van der Waals surface area contributed by atoms with Crippen molar-refractivity contribution in [2.75, 3.05) is 0 Å². The monoisotopic (exact) mass is 671 g/mol. The molecule has 1 heterocycles. The second-order valence-electron chi connectivity index (χ2n) is 16.1. The zero-order valence-electron chi connectivity index (χ0n) is 31.0. The molecule has 1 heteroatoms. The first-order valence-electron chi connectivity index (χ1n) is 19.2.